The van der Waals surface area contributed by atoms with Crippen molar-refractivity contribution < 1.29 is 19.1 Å². The number of amides is 1. The first kappa shape index (κ1) is 9.57. The van der Waals surface area contributed by atoms with Gasteiger partial charge < -0.3 is 14.8 Å². The lowest BCUT2D eigenvalue weighted by Gasteiger charge is -2.08. The summed E-state index contributed by atoms with van der Waals surface area (Å²) in [5, 5.41) is 2.45. The number of carbonyl (C=O) groups excluding carboxylic acids is 2. The first-order valence-electron chi connectivity index (χ1n) is 3.86. The molecule has 0 spiro atoms. The fourth-order valence-corrected chi connectivity index (χ4v) is 0.817. The zero-order chi connectivity index (χ0) is 9.84. The van der Waals surface area contributed by atoms with Crippen molar-refractivity contribution in [3.63, 3.8) is 0 Å². The molecule has 1 aliphatic rings. The van der Waals surface area contributed by atoms with E-state index in [4.69, 9.17) is 9.47 Å². The summed E-state index contributed by atoms with van der Waals surface area (Å²) >= 11 is 0. The van der Waals surface area contributed by atoms with Crippen molar-refractivity contribution in [2.24, 2.45) is 0 Å². The third-order valence-electron chi connectivity index (χ3n) is 1.50. The molecule has 1 atom stereocenters. The highest BCUT2D eigenvalue weighted by Gasteiger charge is 2.23. The third-order valence-corrected chi connectivity index (χ3v) is 1.50. The first-order valence-corrected chi connectivity index (χ1v) is 3.86. The Morgan fingerprint density at radius 3 is 3.00 bits per heavy atom. The number of rotatable bonds is 3. The van der Waals surface area contributed by atoms with Crippen molar-refractivity contribution in [3.05, 3.63) is 12.2 Å². The van der Waals surface area contributed by atoms with Gasteiger partial charge in [0.05, 0.1) is 6.54 Å². The highest BCUT2D eigenvalue weighted by Crippen LogP contribution is 2.02. The molecule has 1 aliphatic heterocycles. The quantitative estimate of drug-likeness (QED) is 0.504. The van der Waals surface area contributed by atoms with E-state index in [1.807, 2.05) is 0 Å². The van der Waals surface area contributed by atoms with Crippen LogP contribution in [0.3, 0.4) is 0 Å². The largest absolute Gasteiger partial charge is 0.458 e. The van der Waals surface area contributed by atoms with E-state index >= 15 is 0 Å². The van der Waals surface area contributed by atoms with Crippen LogP contribution >= 0.6 is 0 Å². The molecule has 5 heteroatoms. The molecule has 5 nitrogen and oxygen atoms in total. The number of esters is 1. The Morgan fingerprint density at radius 1 is 1.85 bits per heavy atom. The molecular formula is C8H11NO4. The highest BCUT2D eigenvalue weighted by atomic mass is 16.6. The van der Waals surface area contributed by atoms with Crippen LogP contribution in [-0.2, 0) is 14.3 Å². The predicted octanol–water partition coefficient (Wildman–Crippen LogP) is 0.214. The number of ether oxygens (including phenoxy) is 2. The number of hydrogen-bond donors (Lipinski definition) is 1. The monoisotopic (exact) mass is 185 g/mol. The molecule has 0 bridgehead atoms. The van der Waals surface area contributed by atoms with Gasteiger partial charge in [0.2, 0.25) is 0 Å². The summed E-state index contributed by atoms with van der Waals surface area (Å²) in [4.78, 5) is 21.4. The maximum Gasteiger partial charge on any atom is 0.407 e. The molecule has 0 saturated carbocycles. The molecule has 13 heavy (non-hydrogen) atoms. The van der Waals surface area contributed by atoms with E-state index in [1.54, 1.807) is 6.92 Å². The van der Waals surface area contributed by atoms with Crippen LogP contribution in [0.5, 0.6) is 0 Å². The molecule has 1 fully saturated rings. The minimum absolute atomic E-state index is 0.0738. The SMILES string of the molecule is C=C(C)C(=O)OCC1CNC(=O)O1. The van der Waals surface area contributed by atoms with Crippen molar-refractivity contribution in [1.82, 2.24) is 5.32 Å². The van der Waals surface area contributed by atoms with E-state index in [9.17, 15) is 9.59 Å². The average Bonchev–Trinajstić information content (AvgIpc) is 2.47. The van der Waals surface area contributed by atoms with E-state index in [0.29, 0.717) is 12.1 Å². The van der Waals surface area contributed by atoms with Crippen LogP contribution in [0.15, 0.2) is 12.2 Å². The van der Waals surface area contributed by atoms with Gasteiger partial charge in [-0.25, -0.2) is 9.59 Å². The summed E-state index contributed by atoms with van der Waals surface area (Å²) in [5.41, 5.74) is 0.331. The number of alkyl carbamates (subject to hydrolysis) is 1. The lowest BCUT2D eigenvalue weighted by atomic mass is 10.3. The first-order chi connectivity index (χ1) is 6.09. The van der Waals surface area contributed by atoms with Crippen LogP contribution < -0.4 is 5.32 Å². The Balaban J connectivity index is 2.23. The Morgan fingerprint density at radius 2 is 2.54 bits per heavy atom. The van der Waals surface area contributed by atoms with Gasteiger partial charge in [0, 0.05) is 5.57 Å². The van der Waals surface area contributed by atoms with Crippen LogP contribution in [0.4, 0.5) is 4.79 Å². The Labute approximate surface area is 75.7 Å². The molecule has 0 radical (unpaired) electrons. The minimum atomic E-state index is -0.476. The smallest absolute Gasteiger partial charge is 0.407 e. The van der Waals surface area contributed by atoms with Gasteiger partial charge in [-0.15, -0.1) is 0 Å². The molecule has 72 valence electrons. The fraction of sp³-hybridized carbons (Fsp3) is 0.500. The van der Waals surface area contributed by atoms with E-state index in [2.05, 4.69) is 11.9 Å². The zero-order valence-corrected chi connectivity index (χ0v) is 7.33. The minimum Gasteiger partial charge on any atom is -0.458 e. The van der Waals surface area contributed by atoms with Gasteiger partial charge in [-0.1, -0.05) is 6.58 Å². The lowest BCUT2D eigenvalue weighted by Crippen LogP contribution is -2.22. The van der Waals surface area contributed by atoms with Crippen LogP contribution in [0.2, 0.25) is 0 Å². The van der Waals surface area contributed by atoms with Crippen molar-refractivity contribution >= 4 is 12.1 Å². The predicted molar refractivity (Wildman–Crippen MR) is 44.0 cm³/mol. The van der Waals surface area contributed by atoms with Crippen LogP contribution in [0.1, 0.15) is 6.92 Å². The molecule has 1 saturated heterocycles. The van der Waals surface area contributed by atoms with Gasteiger partial charge >= 0.3 is 12.1 Å². The molecule has 0 aliphatic carbocycles. The van der Waals surface area contributed by atoms with E-state index in [0.717, 1.165) is 0 Å². The summed E-state index contributed by atoms with van der Waals surface area (Å²) < 4.78 is 9.51. The normalized spacial score (nSPS) is 20.4. The Bertz CT molecular complexity index is 249. The fourth-order valence-electron chi connectivity index (χ4n) is 0.817. The summed E-state index contributed by atoms with van der Waals surface area (Å²) in [6.07, 6.45) is -0.854. The van der Waals surface area contributed by atoms with Gasteiger partial charge in [0.25, 0.3) is 0 Å². The van der Waals surface area contributed by atoms with Crippen molar-refractivity contribution in [2.45, 2.75) is 13.0 Å². The summed E-state index contributed by atoms with van der Waals surface area (Å²) in [6.45, 7) is 5.43. The zero-order valence-electron chi connectivity index (χ0n) is 7.33. The van der Waals surface area contributed by atoms with E-state index < -0.39 is 12.1 Å². The molecule has 1 heterocycles. The van der Waals surface area contributed by atoms with Gasteiger partial charge in [0.1, 0.15) is 6.61 Å². The lowest BCUT2D eigenvalue weighted by molar-refractivity contribution is -0.141. The molecule has 0 aromatic rings. The number of hydrogen-bond acceptors (Lipinski definition) is 4. The van der Waals surface area contributed by atoms with Gasteiger partial charge in [-0.3, -0.25) is 0 Å². The summed E-state index contributed by atoms with van der Waals surface area (Å²) in [6, 6.07) is 0. The Hall–Kier alpha value is -1.52. The molecule has 0 aromatic carbocycles. The number of cyclic esters (lactones) is 1. The standard InChI is InChI=1S/C8H11NO4/c1-5(2)7(10)12-4-6-3-9-8(11)13-6/h6H,1,3-4H2,2H3,(H,9,11). The molecule has 1 amide bonds. The summed E-state index contributed by atoms with van der Waals surface area (Å²) in [7, 11) is 0. The van der Waals surface area contributed by atoms with Crippen molar-refractivity contribution in [1.29, 1.82) is 0 Å². The van der Waals surface area contributed by atoms with Crippen LogP contribution in [-0.4, -0.2) is 31.3 Å². The molecular weight excluding hydrogens is 174 g/mol. The average molecular weight is 185 g/mol. The third kappa shape index (κ3) is 2.77. The number of nitrogens with one attached hydrogen (secondary N) is 1. The second-order valence-electron chi connectivity index (χ2n) is 2.79. The highest BCUT2D eigenvalue weighted by molar-refractivity contribution is 5.86. The van der Waals surface area contributed by atoms with Crippen LogP contribution in [0.25, 0.3) is 0 Å². The second-order valence-corrected chi connectivity index (χ2v) is 2.79. The van der Waals surface area contributed by atoms with E-state index in [-0.39, 0.29) is 12.7 Å². The maximum absolute atomic E-state index is 10.9. The Kier molecular flexibility index (Phi) is 2.89. The topological polar surface area (TPSA) is 64.6 Å². The maximum atomic E-state index is 10.9. The molecule has 1 N–H and O–H groups in total. The molecule has 0 aromatic heterocycles. The van der Waals surface area contributed by atoms with Crippen molar-refractivity contribution in [2.75, 3.05) is 13.2 Å². The van der Waals surface area contributed by atoms with E-state index in [1.165, 1.54) is 0 Å². The summed E-state index contributed by atoms with van der Waals surface area (Å²) in [5.74, 6) is -0.469. The second kappa shape index (κ2) is 3.93. The van der Waals surface area contributed by atoms with Gasteiger partial charge in [-0.2, -0.15) is 0 Å². The van der Waals surface area contributed by atoms with Crippen LogP contribution in [0, 0.1) is 0 Å². The number of carbonyl (C=O) groups is 2. The van der Waals surface area contributed by atoms with Gasteiger partial charge in [0.15, 0.2) is 6.10 Å². The van der Waals surface area contributed by atoms with Crippen molar-refractivity contribution in [3.8, 4) is 0 Å². The molecule has 1 unspecified atom stereocenters. The van der Waals surface area contributed by atoms with Gasteiger partial charge in [-0.05, 0) is 6.92 Å². The molecule has 1 rings (SSSR count).